The topological polar surface area (TPSA) is 103 Å². The van der Waals surface area contributed by atoms with Gasteiger partial charge < -0.3 is 18.6 Å². The molecular weight excluding hydrogens is 510 g/mol. The van der Waals surface area contributed by atoms with E-state index in [2.05, 4.69) is 55.1 Å². The van der Waals surface area contributed by atoms with Crippen molar-refractivity contribution >= 4 is 24.7 Å². The van der Waals surface area contributed by atoms with E-state index in [0.717, 1.165) is 10.4 Å². The average molecular weight is 546 g/mol. The highest BCUT2D eigenvalue weighted by Crippen LogP contribution is 2.37. The molecule has 0 radical (unpaired) electrons. The van der Waals surface area contributed by atoms with Gasteiger partial charge in [0.25, 0.3) is 8.32 Å². The van der Waals surface area contributed by atoms with Gasteiger partial charge in [-0.2, -0.15) is 0 Å². The van der Waals surface area contributed by atoms with E-state index in [1.54, 1.807) is 24.3 Å². The van der Waals surface area contributed by atoms with Crippen molar-refractivity contribution in [2.24, 2.45) is 5.11 Å². The standard InChI is InChI=1S/C30H35N3O5Si/c1-30(2,3)39(23-16-10-6-11-17-23,24-18-12-7-13-19-24)37-21-26-28(35-4)27(25(20-36-26)32-33-31)38-29(34)22-14-8-5-9-15-22/h5-19,25-28H,20-21H2,1-4H3/t25?,26?,27-,28+/m0/s1. The van der Waals surface area contributed by atoms with Gasteiger partial charge in [0.15, 0.2) is 0 Å². The zero-order valence-corrected chi connectivity index (χ0v) is 23.8. The van der Waals surface area contributed by atoms with E-state index >= 15 is 0 Å². The van der Waals surface area contributed by atoms with E-state index in [1.165, 1.54) is 7.11 Å². The van der Waals surface area contributed by atoms with Crippen LogP contribution in [0, 0.1) is 0 Å². The molecule has 3 aromatic carbocycles. The van der Waals surface area contributed by atoms with Gasteiger partial charge in [0.1, 0.15) is 24.4 Å². The largest absolute Gasteiger partial charge is 0.455 e. The molecule has 1 saturated heterocycles. The number of hydrogen-bond donors (Lipinski definition) is 0. The highest BCUT2D eigenvalue weighted by Gasteiger charge is 2.52. The number of rotatable bonds is 9. The van der Waals surface area contributed by atoms with Gasteiger partial charge >= 0.3 is 5.97 Å². The summed E-state index contributed by atoms with van der Waals surface area (Å²) in [4.78, 5) is 15.9. The number of azide groups is 1. The lowest BCUT2D eigenvalue weighted by Gasteiger charge is -2.45. The van der Waals surface area contributed by atoms with Gasteiger partial charge in [0.2, 0.25) is 0 Å². The van der Waals surface area contributed by atoms with Crippen LogP contribution in [0.15, 0.2) is 96.1 Å². The summed E-state index contributed by atoms with van der Waals surface area (Å²) in [6, 6.07) is 28.6. The normalized spacial score (nSPS) is 21.5. The van der Waals surface area contributed by atoms with Crippen molar-refractivity contribution in [2.75, 3.05) is 20.3 Å². The molecule has 8 nitrogen and oxygen atoms in total. The number of methoxy groups -OCH3 is 1. The molecular formula is C30H35N3O5Si. The molecule has 204 valence electrons. The van der Waals surface area contributed by atoms with Crippen LogP contribution in [0.1, 0.15) is 31.1 Å². The summed E-state index contributed by atoms with van der Waals surface area (Å²) in [6.07, 6.45) is -2.12. The van der Waals surface area contributed by atoms with Gasteiger partial charge in [0.05, 0.1) is 18.8 Å². The highest BCUT2D eigenvalue weighted by atomic mass is 28.4. The Labute approximate surface area is 230 Å². The van der Waals surface area contributed by atoms with Crippen molar-refractivity contribution in [3.63, 3.8) is 0 Å². The molecule has 4 atom stereocenters. The number of carbonyl (C=O) groups excluding carboxylic acids is 1. The van der Waals surface area contributed by atoms with Gasteiger partial charge in [-0.05, 0) is 33.1 Å². The van der Waals surface area contributed by atoms with E-state index in [9.17, 15) is 4.79 Å². The Kier molecular flexibility index (Phi) is 9.22. The first kappa shape index (κ1) is 28.5. The molecule has 0 amide bonds. The van der Waals surface area contributed by atoms with E-state index in [-0.39, 0.29) is 18.3 Å². The molecule has 9 heteroatoms. The summed E-state index contributed by atoms with van der Waals surface area (Å²) in [5, 5.41) is 5.92. The van der Waals surface area contributed by atoms with Gasteiger partial charge in [-0.15, -0.1) is 0 Å². The highest BCUT2D eigenvalue weighted by molar-refractivity contribution is 6.99. The molecule has 0 saturated carbocycles. The van der Waals surface area contributed by atoms with Crippen molar-refractivity contribution in [1.82, 2.24) is 0 Å². The number of hydrogen-bond acceptors (Lipinski definition) is 6. The summed E-state index contributed by atoms with van der Waals surface area (Å²) in [6.45, 7) is 6.89. The lowest BCUT2D eigenvalue weighted by molar-refractivity contribution is -0.167. The Bertz CT molecular complexity index is 1220. The van der Waals surface area contributed by atoms with Crippen LogP contribution in [0.4, 0.5) is 0 Å². The molecule has 0 spiro atoms. The van der Waals surface area contributed by atoms with Gasteiger partial charge in [-0.25, -0.2) is 4.79 Å². The van der Waals surface area contributed by atoms with Crippen molar-refractivity contribution in [3.05, 3.63) is 107 Å². The van der Waals surface area contributed by atoms with Crippen molar-refractivity contribution in [3.8, 4) is 0 Å². The molecule has 0 aromatic heterocycles. The number of ether oxygens (including phenoxy) is 3. The molecule has 1 aliphatic rings. The third-order valence-corrected chi connectivity index (χ3v) is 12.2. The van der Waals surface area contributed by atoms with Crippen molar-refractivity contribution < 1.29 is 23.4 Å². The van der Waals surface area contributed by atoms with Crippen molar-refractivity contribution in [2.45, 2.75) is 50.2 Å². The first-order valence-electron chi connectivity index (χ1n) is 13.0. The predicted molar refractivity (Wildman–Crippen MR) is 153 cm³/mol. The van der Waals surface area contributed by atoms with Crippen LogP contribution in [-0.4, -0.2) is 59.0 Å². The van der Waals surface area contributed by atoms with Crippen LogP contribution in [0.5, 0.6) is 0 Å². The van der Waals surface area contributed by atoms with Crippen LogP contribution in [0.3, 0.4) is 0 Å². The minimum atomic E-state index is -2.84. The van der Waals surface area contributed by atoms with Crippen LogP contribution in [-0.2, 0) is 18.6 Å². The maximum atomic E-state index is 13.0. The zero-order valence-electron chi connectivity index (χ0n) is 22.8. The molecule has 1 heterocycles. The monoisotopic (exact) mass is 545 g/mol. The fraction of sp³-hybridized carbons (Fsp3) is 0.367. The van der Waals surface area contributed by atoms with Crippen molar-refractivity contribution in [1.29, 1.82) is 0 Å². The SMILES string of the molecule is CO[C@@H]1C(CO[Si](c2ccccc2)(c2ccccc2)C(C)(C)C)OCC(N=[N+]=[N-])[C@@H]1OC(=O)c1ccccc1. The average Bonchev–Trinajstić information content (AvgIpc) is 2.95. The third-order valence-electron chi connectivity index (χ3n) is 7.16. The summed E-state index contributed by atoms with van der Waals surface area (Å²) in [5.41, 5.74) is 9.57. The van der Waals surface area contributed by atoms with Crippen LogP contribution < -0.4 is 10.4 Å². The zero-order chi connectivity index (χ0) is 27.9. The summed E-state index contributed by atoms with van der Waals surface area (Å²) in [5.74, 6) is -0.519. The van der Waals surface area contributed by atoms with E-state index in [1.807, 2.05) is 42.5 Å². The maximum Gasteiger partial charge on any atom is 0.338 e. The van der Waals surface area contributed by atoms with Crippen LogP contribution in [0.2, 0.25) is 5.04 Å². The van der Waals surface area contributed by atoms with E-state index < -0.39 is 38.6 Å². The fourth-order valence-corrected chi connectivity index (χ4v) is 9.89. The first-order chi connectivity index (χ1) is 18.8. The smallest absolute Gasteiger partial charge is 0.338 e. The molecule has 0 aliphatic carbocycles. The minimum absolute atomic E-state index is 0.0748. The van der Waals surface area contributed by atoms with Crippen LogP contribution in [0.25, 0.3) is 10.4 Å². The maximum absolute atomic E-state index is 13.0. The summed E-state index contributed by atoms with van der Waals surface area (Å²) in [7, 11) is -1.31. The third kappa shape index (κ3) is 6.08. The second kappa shape index (κ2) is 12.6. The number of nitrogens with zero attached hydrogens (tertiary/aromatic N) is 3. The lowest BCUT2D eigenvalue weighted by Crippen LogP contribution is -2.68. The molecule has 0 bridgehead atoms. The van der Waals surface area contributed by atoms with E-state index in [0.29, 0.717) is 5.56 Å². The minimum Gasteiger partial charge on any atom is -0.455 e. The molecule has 0 N–H and O–H groups in total. The summed E-state index contributed by atoms with van der Waals surface area (Å²) >= 11 is 0. The first-order valence-corrected chi connectivity index (χ1v) is 14.9. The molecule has 2 unspecified atom stereocenters. The number of benzene rings is 3. The molecule has 39 heavy (non-hydrogen) atoms. The Morgan fingerprint density at radius 2 is 1.49 bits per heavy atom. The Hall–Kier alpha value is -3.46. The Morgan fingerprint density at radius 1 is 0.949 bits per heavy atom. The number of carbonyl (C=O) groups is 1. The van der Waals surface area contributed by atoms with E-state index in [4.69, 9.17) is 24.2 Å². The fourth-order valence-electron chi connectivity index (χ4n) is 5.32. The molecule has 4 rings (SSSR count). The second-order valence-electron chi connectivity index (χ2n) is 10.6. The van der Waals surface area contributed by atoms with Gasteiger partial charge in [-0.3, -0.25) is 0 Å². The second-order valence-corrected chi connectivity index (χ2v) is 14.9. The summed E-state index contributed by atoms with van der Waals surface area (Å²) < 4.78 is 25.0. The van der Waals surface area contributed by atoms with Gasteiger partial charge in [-0.1, -0.05) is 105 Å². The Morgan fingerprint density at radius 3 is 1.97 bits per heavy atom. The van der Waals surface area contributed by atoms with Crippen LogP contribution >= 0.6 is 0 Å². The predicted octanol–water partition coefficient (Wildman–Crippen LogP) is 4.88. The molecule has 3 aromatic rings. The van der Waals surface area contributed by atoms with Gasteiger partial charge in [0, 0.05) is 12.0 Å². The number of esters is 1. The molecule has 1 aliphatic heterocycles. The quantitative estimate of drug-likeness (QED) is 0.125. The lowest BCUT2D eigenvalue weighted by atomic mass is 9.98. The Balaban J connectivity index is 1.66. The molecule has 1 fully saturated rings.